The van der Waals surface area contributed by atoms with Gasteiger partial charge in [0.05, 0.1) is 32.1 Å². The van der Waals surface area contributed by atoms with E-state index in [4.69, 9.17) is 18.3 Å². The van der Waals surface area contributed by atoms with Gasteiger partial charge < -0.3 is 18.3 Å². The summed E-state index contributed by atoms with van der Waals surface area (Å²) in [5, 5.41) is 0. The Kier molecular flexibility index (Phi) is 10.6. The lowest BCUT2D eigenvalue weighted by Crippen LogP contribution is -2.25. The Morgan fingerprint density at radius 1 is 0.914 bits per heavy atom. The Hall–Kier alpha value is -2.83. The van der Waals surface area contributed by atoms with Gasteiger partial charge in [0.25, 0.3) is 0 Å². The van der Waals surface area contributed by atoms with Gasteiger partial charge in [-0.05, 0) is 35.7 Å². The first-order chi connectivity index (χ1) is 17.1. The van der Waals surface area contributed by atoms with Crippen LogP contribution in [0, 0.1) is 12.7 Å². The Bertz CT molecular complexity index is 1010. The lowest BCUT2D eigenvalue weighted by molar-refractivity contribution is 0.0818. The molecule has 1 aliphatic rings. The molecule has 4 rings (SSSR count). The average molecular weight is 500 g/mol. The van der Waals surface area contributed by atoms with Crippen LogP contribution in [0.2, 0.25) is 0 Å². The molecule has 1 heterocycles. The van der Waals surface area contributed by atoms with Crippen LogP contribution in [0.3, 0.4) is 0 Å². The van der Waals surface area contributed by atoms with Crippen molar-refractivity contribution in [1.29, 1.82) is 0 Å². The predicted molar refractivity (Wildman–Crippen MR) is 135 cm³/mol. The van der Waals surface area contributed by atoms with E-state index in [-0.39, 0.29) is 19.0 Å². The largest absolute Gasteiger partial charge is 0.441 e. The molecule has 0 bridgehead atoms. The molecule has 6 nitrogen and oxygen atoms in total. The first-order valence-electron chi connectivity index (χ1n) is 11.6. The van der Waals surface area contributed by atoms with E-state index in [1.54, 1.807) is 19.1 Å². The number of halogens is 1. The van der Waals surface area contributed by atoms with E-state index in [0.717, 1.165) is 11.1 Å². The molecule has 8 heteroatoms. The van der Waals surface area contributed by atoms with Crippen molar-refractivity contribution in [1.82, 2.24) is 0 Å². The molecule has 0 aromatic heterocycles. The molecular weight excluding hydrogens is 468 g/mol. The zero-order chi connectivity index (χ0) is 25.0. The molecule has 0 aliphatic carbocycles. The van der Waals surface area contributed by atoms with E-state index in [1.807, 2.05) is 74.5 Å². The molecule has 1 saturated heterocycles. The fourth-order valence-corrected chi connectivity index (χ4v) is 4.25. The molecule has 0 saturated carbocycles. The summed E-state index contributed by atoms with van der Waals surface area (Å²) in [6.45, 7) is 6.69. The fraction of sp³-hybridized carbons (Fsp3) is 0.296. The Labute approximate surface area is 207 Å². The summed E-state index contributed by atoms with van der Waals surface area (Å²) in [5.74, 6) is -0.368. The minimum Gasteiger partial charge on any atom is -0.441 e. The maximum absolute atomic E-state index is 13.9. The number of cyclic esters (lactones) is 1. The highest BCUT2D eigenvalue weighted by atomic mass is 31.2. The summed E-state index contributed by atoms with van der Waals surface area (Å²) in [6.07, 6.45) is -1.06. The second kappa shape index (κ2) is 13.9. The van der Waals surface area contributed by atoms with Crippen LogP contribution in [0.4, 0.5) is 14.9 Å². The number of benzene rings is 3. The van der Waals surface area contributed by atoms with E-state index in [2.05, 4.69) is 0 Å². The van der Waals surface area contributed by atoms with Crippen molar-refractivity contribution < 1.29 is 27.5 Å². The molecule has 1 atom stereocenters. The van der Waals surface area contributed by atoms with Gasteiger partial charge in [0.2, 0.25) is 0 Å². The number of ether oxygens (including phenoxy) is 1. The van der Waals surface area contributed by atoms with Crippen LogP contribution in [0.5, 0.6) is 0 Å². The van der Waals surface area contributed by atoms with Gasteiger partial charge in [-0.25, -0.2) is 9.18 Å². The molecule has 1 fully saturated rings. The number of aryl methyl sites for hydroxylation is 1. The van der Waals surface area contributed by atoms with E-state index >= 15 is 0 Å². The third kappa shape index (κ3) is 8.11. The van der Waals surface area contributed by atoms with Crippen LogP contribution >= 0.6 is 8.60 Å². The van der Waals surface area contributed by atoms with E-state index in [9.17, 15) is 9.18 Å². The number of carbonyl (C=O) groups excluding carboxylic acids is 1. The molecule has 3 aromatic carbocycles. The zero-order valence-corrected chi connectivity index (χ0v) is 21.1. The Morgan fingerprint density at radius 2 is 1.49 bits per heavy atom. The first kappa shape index (κ1) is 26.8. The molecule has 1 aliphatic heterocycles. The van der Waals surface area contributed by atoms with Gasteiger partial charge >= 0.3 is 14.7 Å². The summed E-state index contributed by atoms with van der Waals surface area (Å²) in [4.78, 5) is 13.7. The van der Waals surface area contributed by atoms with Gasteiger partial charge in [-0.15, -0.1) is 0 Å². The van der Waals surface area contributed by atoms with Crippen molar-refractivity contribution >= 4 is 20.4 Å². The topological polar surface area (TPSA) is 57.2 Å². The lowest BCUT2D eigenvalue weighted by Gasteiger charge is -2.18. The number of rotatable bonds is 10. The SMILES string of the molecule is CC.Cc1ccc(N2CC(COP(OCc3ccccc3)OCc3ccccc3)OC2=O)cc1F. The number of amides is 1. The van der Waals surface area contributed by atoms with Crippen molar-refractivity contribution in [3.8, 4) is 0 Å². The highest BCUT2D eigenvalue weighted by Crippen LogP contribution is 2.42. The molecule has 3 aromatic rings. The Morgan fingerprint density at radius 3 is 2.03 bits per heavy atom. The van der Waals surface area contributed by atoms with Crippen LogP contribution in [0.1, 0.15) is 30.5 Å². The van der Waals surface area contributed by atoms with Gasteiger partial charge in [-0.3, -0.25) is 4.90 Å². The van der Waals surface area contributed by atoms with Crippen LogP contribution in [-0.4, -0.2) is 25.3 Å². The van der Waals surface area contributed by atoms with Gasteiger partial charge in [-0.2, -0.15) is 0 Å². The number of anilines is 1. The monoisotopic (exact) mass is 499 g/mol. The highest BCUT2D eigenvalue weighted by molar-refractivity contribution is 7.41. The zero-order valence-electron chi connectivity index (χ0n) is 20.2. The third-order valence-corrected chi connectivity index (χ3v) is 6.11. The highest BCUT2D eigenvalue weighted by Gasteiger charge is 2.33. The molecular formula is C27H31FNO5P. The molecule has 186 valence electrons. The number of hydrogen-bond acceptors (Lipinski definition) is 5. The van der Waals surface area contributed by atoms with Gasteiger partial charge in [-0.1, -0.05) is 80.6 Å². The molecule has 0 spiro atoms. The molecule has 1 unspecified atom stereocenters. The summed E-state index contributed by atoms with van der Waals surface area (Å²) < 4.78 is 37.0. The normalized spacial score (nSPS) is 15.1. The van der Waals surface area contributed by atoms with E-state index in [1.165, 1.54) is 11.0 Å². The van der Waals surface area contributed by atoms with Crippen LogP contribution in [0.15, 0.2) is 78.9 Å². The quantitative estimate of drug-likeness (QED) is 0.277. The summed E-state index contributed by atoms with van der Waals surface area (Å²) >= 11 is 0. The maximum Gasteiger partial charge on any atom is 0.414 e. The standard InChI is InChI=1S/C25H25FNO5P.C2H6/c1-19-12-13-22(14-24(19)26)27-15-23(32-25(27)28)18-31-33(29-16-20-8-4-2-5-9-20)30-17-21-10-6-3-7-11-21;1-2/h2-14,23H,15-18H2,1H3;1-2H3. The summed E-state index contributed by atoms with van der Waals surface area (Å²) in [7, 11) is -1.69. The van der Waals surface area contributed by atoms with Crippen molar-refractivity contribution in [2.45, 2.75) is 40.1 Å². The van der Waals surface area contributed by atoms with E-state index in [0.29, 0.717) is 24.5 Å². The van der Waals surface area contributed by atoms with Crippen molar-refractivity contribution in [3.63, 3.8) is 0 Å². The van der Waals surface area contributed by atoms with Crippen molar-refractivity contribution in [2.75, 3.05) is 18.1 Å². The predicted octanol–water partition coefficient (Wildman–Crippen LogP) is 7.16. The molecule has 1 amide bonds. The van der Waals surface area contributed by atoms with Crippen LogP contribution < -0.4 is 4.90 Å². The minimum absolute atomic E-state index is 0.103. The van der Waals surface area contributed by atoms with Gasteiger partial charge in [0.1, 0.15) is 11.9 Å². The molecule has 0 radical (unpaired) electrons. The third-order valence-electron chi connectivity index (χ3n) is 5.07. The lowest BCUT2D eigenvalue weighted by atomic mass is 10.2. The van der Waals surface area contributed by atoms with Crippen LogP contribution in [0.25, 0.3) is 0 Å². The minimum atomic E-state index is -1.69. The van der Waals surface area contributed by atoms with Gasteiger partial charge in [0, 0.05) is 0 Å². The van der Waals surface area contributed by atoms with Crippen molar-refractivity contribution in [2.24, 2.45) is 0 Å². The summed E-state index contributed by atoms with van der Waals surface area (Å²) in [6, 6.07) is 24.1. The summed E-state index contributed by atoms with van der Waals surface area (Å²) in [5.41, 5.74) is 2.96. The van der Waals surface area contributed by atoms with Crippen molar-refractivity contribution in [3.05, 3.63) is 101 Å². The first-order valence-corrected chi connectivity index (χ1v) is 12.7. The average Bonchev–Trinajstić information content (AvgIpc) is 3.28. The molecule has 0 N–H and O–H groups in total. The smallest absolute Gasteiger partial charge is 0.414 e. The van der Waals surface area contributed by atoms with Crippen LogP contribution in [-0.2, 0) is 31.5 Å². The number of nitrogens with zero attached hydrogens (tertiary/aromatic N) is 1. The number of carbonyl (C=O) groups is 1. The fourth-order valence-electron chi connectivity index (χ4n) is 3.23. The van der Waals surface area contributed by atoms with Gasteiger partial charge in [0.15, 0.2) is 0 Å². The van der Waals surface area contributed by atoms with E-state index < -0.39 is 20.8 Å². The maximum atomic E-state index is 13.9. The second-order valence-electron chi connectivity index (χ2n) is 7.59. The number of hydrogen-bond donors (Lipinski definition) is 0. The second-order valence-corrected chi connectivity index (χ2v) is 8.81. The molecule has 35 heavy (non-hydrogen) atoms. The Balaban J connectivity index is 0.00000167.